The first kappa shape index (κ1) is 25.2. The number of nitrogens with two attached hydrogens (primary N) is 1. The molecule has 2 amide bonds. The van der Waals surface area contributed by atoms with Crippen LogP contribution in [-0.2, 0) is 4.74 Å². The number of hydrogen-bond acceptors (Lipinski definition) is 9. The Hall–Kier alpha value is -4.48. The molecule has 1 atom stereocenters. The van der Waals surface area contributed by atoms with Crippen LogP contribution in [-0.4, -0.2) is 66.0 Å². The standard InChI is InChI=1S/C26H30N8O4/c1-15-12-29-18-8-7-16(14-34(15)18)19-20(24-28-9-11-37-24)32-22(27)21(31-19)23(35)30-13-17-6-5-10-33(17)25(36)38-26(2,3)4/h7-9,11-12,14,17H,5-6,10,13H2,1-4H3,(H2,27,32)(H,30,35)/t17-/m0/s1. The Kier molecular flexibility index (Phi) is 6.47. The van der Waals surface area contributed by atoms with Crippen LogP contribution in [0.15, 0.2) is 41.4 Å². The molecule has 12 heteroatoms. The number of carbonyl (C=O) groups is 2. The van der Waals surface area contributed by atoms with Crippen LogP contribution < -0.4 is 11.1 Å². The number of aromatic nitrogens is 5. The number of nitrogens with one attached hydrogen (secondary N) is 1. The van der Waals surface area contributed by atoms with Gasteiger partial charge in [-0.1, -0.05) is 0 Å². The fourth-order valence-electron chi connectivity index (χ4n) is 4.45. The van der Waals surface area contributed by atoms with Crippen molar-refractivity contribution in [3.8, 4) is 22.8 Å². The average molecular weight is 519 g/mol. The molecule has 0 aliphatic carbocycles. The molecule has 38 heavy (non-hydrogen) atoms. The lowest BCUT2D eigenvalue weighted by Crippen LogP contribution is -2.45. The molecule has 0 aromatic carbocycles. The van der Waals surface area contributed by atoms with Crippen LogP contribution in [0.1, 0.15) is 49.8 Å². The fourth-order valence-corrected chi connectivity index (χ4v) is 4.45. The van der Waals surface area contributed by atoms with Gasteiger partial charge in [-0.3, -0.25) is 4.79 Å². The van der Waals surface area contributed by atoms with E-state index in [9.17, 15) is 9.59 Å². The maximum atomic E-state index is 13.3. The zero-order chi connectivity index (χ0) is 27.0. The van der Waals surface area contributed by atoms with E-state index in [1.54, 1.807) is 11.1 Å². The van der Waals surface area contributed by atoms with E-state index in [-0.39, 0.29) is 30.0 Å². The molecule has 0 radical (unpaired) electrons. The molecule has 4 aromatic rings. The lowest BCUT2D eigenvalue weighted by Gasteiger charge is -2.28. The second-order valence-corrected chi connectivity index (χ2v) is 10.2. The summed E-state index contributed by atoms with van der Waals surface area (Å²) in [5.41, 5.74) is 8.66. The highest BCUT2D eigenvalue weighted by atomic mass is 16.6. The van der Waals surface area contributed by atoms with Crippen LogP contribution >= 0.6 is 0 Å². The molecule has 198 valence electrons. The third-order valence-electron chi connectivity index (χ3n) is 6.24. The minimum absolute atomic E-state index is 0.0282. The molecule has 1 aliphatic rings. The van der Waals surface area contributed by atoms with E-state index < -0.39 is 17.6 Å². The highest BCUT2D eigenvalue weighted by Crippen LogP contribution is 2.30. The molecule has 5 rings (SSSR count). The van der Waals surface area contributed by atoms with Crippen molar-refractivity contribution in [1.82, 2.24) is 34.6 Å². The summed E-state index contributed by atoms with van der Waals surface area (Å²) in [6.45, 7) is 8.22. The number of carbonyl (C=O) groups excluding carboxylic acids is 2. The van der Waals surface area contributed by atoms with Gasteiger partial charge in [-0.2, -0.15) is 0 Å². The van der Waals surface area contributed by atoms with E-state index >= 15 is 0 Å². The van der Waals surface area contributed by atoms with E-state index in [0.717, 1.165) is 24.2 Å². The zero-order valence-corrected chi connectivity index (χ0v) is 21.8. The van der Waals surface area contributed by atoms with Crippen molar-refractivity contribution in [3.63, 3.8) is 0 Å². The highest BCUT2D eigenvalue weighted by molar-refractivity contribution is 5.97. The smallest absolute Gasteiger partial charge is 0.410 e. The van der Waals surface area contributed by atoms with Crippen molar-refractivity contribution in [2.75, 3.05) is 18.8 Å². The Morgan fingerprint density at radius 3 is 2.76 bits per heavy atom. The van der Waals surface area contributed by atoms with Crippen LogP contribution in [0.25, 0.3) is 28.5 Å². The number of nitrogen functional groups attached to an aromatic ring is 1. The molecule has 4 aromatic heterocycles. The molecule has 0 bridgehead atoms. The number of rotatable bonds is 5. The maximum Gasteiger partial charge on any atom is 0.410 e. The van der Waals surface area contributed by atoms with Crippen molar-refractivity contribution in [3.05, 3.63) is 48.4 Å². The van der Waals surface area contributed by atoms with Crippen molar-refractivity contribution in [1.29, 1.82) is 0 Å². The third-order valence-corrected chi connectivity index (χ3v) is 6.24. The lowest BCUT2D eigenvalue weighted by atomic mass is 10.1. The van der Waals surface area contributed by atoms with Gasteiger partial charge in [-0.05, 0) is 52.7 Å². The summed E-state index contributed by atoms with van der Waals surface area (Å²) in [6, 6.07) is 3.50. The third kappa shape index (κ3) is 5.01. The second-order valence-electron chi connectivity index (χ2n) is 10.2. The summed E-state index contributed by atoms with van der Waals surface area (Å²) >= 11 is 0. The number of pyridine rings is 1. The summed E-state index contributed by atoms with van der Waals surface area (Å²) in [7, 11) is 0. The van der Waals surface area contributed by atoms with Crippen molar-refractivity contribution in [2.24, 2.45) is 0 Å². The summed E-state index contributed by atoms with van der Waals surface area (Å²) in [6.07, 6.45) is 7.74. The van der Waals surface area contributed by atoms with Crippen LogP contribution in [0.3, 0.4) is 0 Å². The Balaban J connectivity index is 1.43. The topological polar surface area (TPSA) is 154 Å². The number of aryl methyl sites for hydroxylation is 1. The zero-order valence-electron chi connectivity index (χ0n) is 21.8. The summed E-state index contributed by atoms with van der Waals surface area (Å²) in [4.78, 5) is 45.2. The van der Waals surface area contributed by atoms with Crippen molar-refractivity contribution < 1.29 is 18.7 Å². The Bertz CT molecular complexity index is 1490. The Labute approximate surface area is 219 Å². The quantitative estimate of drug-likeness (QED) is 0.404. The SMILES string of the molecule is Cc1cnc2ccc(-c3nc(C(=O)NC[C@@H]4CCCN4C(=O)OC(C)(C)C)c(N)nc3-c3ncco3)cn12. The highest BCUT2D eigenvalue weighted by Gasteiger charge is 2.33. The second kappa shape index (κ2) is 9.77. The van der Waals surface area contributed by atoms with E-state index in [1.807, 2.05) is 50.4 Å². The molecular formula is C26H30N8O4. The van der Waals surface area contributed by atoms with E-state index in [1.165, 1.54) is 12.5 Å². The Morgan fingerprint density at radius 2 is 2.03 bits per heavy atom. The predicted molar refractivity (Wildman–Crippen MR) is 139 cm³/mol. The number of anilines is 1. The van der Waals surface area contributed by atoms with E-state index in [0.29, 0.717) is 23.5 Å². The average Bonchev–Trinajstić information content (AvgIpc) is 3.63. The van der Waals surface area contributed by atoms with Crippen LogP contribution in [0.4, 0.5) is 10.6 Å². The van der Waals surface area contributed by atoms with Crippen molar-refractivity contribution >= 4 is 23.5 Å². The van der Waals surface area contributed by atoms with Gasteiger partial charge < -0.3 is 29.5 Å². The van der Waals surface area contributed by atoms with Gasteiger partial charge in [0.1, 0.15) is 23.2 Å². The molecule has 5 heterocycles. The molecule has 0 saturated carbocycles. The molecule has 3 N–H and O–H groups in total. The molecule has 0 spiro atoms. The van der Waals surface area contributed by atoms with Crippen LogP contribution in [0.2, 0.25) is 0 Å². The number of amides is 2. The van der Waals surface area contributed by atoms with Gasteiger partial charge in [0.15, 0.2) is 17.2 Å². The number of hydrogen-bond donors (Lipinski definition) is 2. The fraction of sp³-hybridized carbons (Fsp3) is 0.385. The number of oxazole rings is 1. The predicted octanol–water partition coefficient (Wildman–Crippen LogP) is 3.47. The van der Waals surface area contributed by atoms with E-state index in [4.69, 9.17) is 14.9 Å². The van der Waals surface area contributed by atoms with E-state index in [2.05, 4.69) is 25.3 Å². The molecular weight excluding hydrogens is 488 g/mol. The number of fused-ring (bicyclic) bond motifs is 1. The molecule has 1 aliphatic heterocycles. The largest absolute Gasteiger partial charge is 0.444 e. The minimum Gasteiger partial charge on any atom is -0.444 e. The van der Waals surface area contributed by atoms with Gasteiger partial charge in [0, 0.05) is 36.7 Å². The van der Waals surface area contributed by atoms with Gasteiger partial charge in [0.2, 0.25) is 5.89 Å². The first-order valence-electron chi connectivity index (χ1n) is 12.4. The number of likely N-dealkylation sites (tertiary alicyclic amines) is 1. The van der Waals surface area contributed by atoms with Gasteiger partial charge in [-0.25, -0.2) is 24.7 Å². The molecule has 0 unspecified atom stereocenters. The number of imidazole rings is 1. The van der Waals surface area contributed by atoms with Crippen LogP contribution in [0.5, 0.6) is 0 Å². The molecule has 12 nitrogen and oxygen atoms in total. The van der Waals surface area contributed by atoms with Gasteiger partial charge in [0.25, 0.3) is 5.91 Å². The lowest BCUT2D eigenvalue weighted by molar-refractivity contribution is 0.0225. The first-order valence-corrected chi connectivity index (χ1v) is 12.4. The van der Waals surface area contributed by atoms with Crippen molar-refractivity contribution in [2.45, 2.75) is 52.2 Å². The van der Waals surface area contributed by atoms with Gasteiger partial charge in [-0.15, -0.1) is 0 Å². The van der Waals surface area contributed by atoms with Crippen LogP contribution in [0, 0.1) is 6.92 Å². The number of ether oxygens (including phenoxy) is 1. The summed E-state index contributed by atoms with van der Waals surface area (Å²) < 4.78 is 12.9. The number of nitrogens with zero attached hydrogens (tertiary/aromatic N) is 6. The Morgan fingerprint density at radius 1 is 1.21 bits per heavy atom. The molecule has 1 fully saturated rings. The summed E-state index contributed by atoms with van der Waals surface area (Å²) in [5.74, 6) is -0.326. The van der Waals surface area contributed by atoms with Gasteiger partial charge >= 0.3 is 6.09 Å². The maximum absolute atomic E-state index is 13.3. The minimum atomic E-state index is -0.600. The first-order chi connectivity index (χ1) is 18.1. The summed E-state index contributed by atoms with van der Waals surface area (Å²) in [5, 5.41) is 2.87. The normalized spacial score (nSPS) is 15.7. The molecule has 1 saturated heterocycles. The monoisotopic (exact) mass is 518 g/mol. The van der Waals surface area contributed by atoms with Gasteiger partial charge in [0.05, 0.1) is 12.2 Å².